The van der Waals surface area contributed by atoms with Crippen LogP contribution < -0.4 is 11.3 Å². The van der Waals surface area contributed by atoms with Crippen molar-refractivity contribution in [1.82, 2.24) is 15.2 Å². The molecule has 2 aromatic rings. The molecule has 96 valence electrons. The van der Waals surface area contributed by atoms with Crippen LogP contribution in [0.1, 0.15) is 27.7 Å². The number of carbonyl (C=O) groups is 1. The summed E-state index contributed by atoms with van der Waals surface area (Å²) in [6, 6.07) is 3.31. The number of furan rings is 1. The first-order valence-corrected chi connectivity index (χ1v) is 6.11. The maximum atomic E-state index is 11.2. The van der Waals surface area contributed by atoms with Crippen molar-refractivity contribution in [3.63, 3.8) is 0 Å². The Morgan fingerprint density at radius 2 is 2.28 bits per heavy atom. The zero-order valence-corrected chi connectivity index (χ0v) is 11.6. The molecule has 0 radical (unpaired) electrons. The number of rotatable bonds is 3. The smallest absolute Gasteiger partial charge is 0.300 e. The molecule has 0 aliphatic heterocycles. The predicted octanol–water partition coefficient (Wildman–Crippen LogP) is 1.51. The number of nitrogens with two attached hydrogens (primary N) is 1. The third kappa shape index (κ3) is 2.32. The topological polar surface area (TPSA) is 86.1 Å². The van der Waals surface area contributed by atoms with Crippen molar-refractivity contribution in [2.24, 2.45) is 5.84 Å². The fourth-order valence-corrected chi connectivity index (χ4v) is 1.92. The number of amides is 1. The Hall–Kier alpha value is -1.60. The molecule has 7 heteroatoms. The number of hydrazine groups is 1. The molecule has 0 saturated heterocycles. The van der Waals surface area contributed by atoms with Gasteiger partial charge in [-0.05, 0) is 41.9 Å². The lowest BCUT2D eigenvalue weighted by Crippen LogP contribution is -2.29. The van der Waals surface area contributed by atoms with Crippen LogP contribution in [0.25, 0.3) is 0 Å². The largest absolute Gasteiger partial charge is 0.454 e. The van der Waals surface area contributed by atoms with Crippen LogP contribution in [0.4, 0.5) is 0 Å². The highest BCUT2D eigenvalue weighted by Crippen LogP contribution is 2.21. The number of nitrogen functional groups attached to an aromatic ring is 1. The van der Waals surface area contributed by atoms with Gasteiger partial charge < -0.3 is 4.42 Å². The van der Waals surface area contributed by atoms with Gasteiger partial charge in [-0.2, -0.15) is 5.10 Å². The van der Waals surface area contributed by atoms with Crippen LogP contribution in [0.3, 0.4) is 0 Å². The minimum atomic E-state index is -0.448. The van der Waals surface area contributed by atoms with E-state index in [0.29, 0.717) is 12.3 Å². The Bertz CT molecular complexity index is 588. The van der Waals surface area contributed by atoms with Gasteiger partial charge in [-0.15, -0.1) is 0 Å². The van der Waals surface area contributed by atoms with Gasteiger partial charge in [-0.1, -0.05) is 0 Å². The fraction of sp³-hybridized carbons (Fsp3) is 0.273. The number of halogens is 1. The molecule has 0 aromatic carbocycles. The lowest BCUT2D eigenvalue weighted by atomic mass is 10.4. The fourth-order valence-electron chi connectivity index (χ4n) is 1.63. The number of nitrogens with one attached hydrogen (secondary N) is 1. The van der Waals surface area contributed by atoms with Crippen molar-refractivity contribution in [1.29, 1.82) is 0 Å². The lowest BCUT2D eigenvalue weighted by molar-refractivity contribution is 0.0924. The summed E-state index contributed by atoms with van der Waals surface area (Å²) >= 11 is 3.46. The van der Waals surface area contributed by atoms with Crippen LogP contribution in [0.2, 0.25) is 0 Å². The van der Waals surface area contributed by atoms with Crippen molar-refractivity contribution in [2.45, 2.75) is 20.4 Å². The average Bonchev–Trinajstić information content (AvgIpc) is 2.91. The molecule has 2 rings (SSSR count). The standard InChI is InChI=1S/C11H13BrN4O2/c1-6-10(12)7(2)16(15-6)5-8-3-4-9(18-8)11(17)14-13/h3-4H,5,13H2,1-2H3,(H,14,17). The summed E-state index contributed by atoms with van der Waals surface area (Å²) < 4.78 is 8.16. The molecule has 0 fully saturated rings. The Labute approximate surface area is 112 Å². The molecule has 0 unspecified atom stereocenters. The third-order valence-corrected chi connectivity index (χ3v) is 3.76. The van der Waals surface area contributed by atoms with Gasteiger partial charge in [0.1, 0.15) is 5.76 Å². The molecule has 2 heterocycles. The van der Waals surface area contributed by atoms with Gasteiger partial charge in [0.25, 0.3) is 0 Å². The molecule has 0 aliphatic rings. The second kappa shape index (κ2) is 4.95. The SMILES string of the molecule is Cc1nn(Cc2ccc(C(=O)NN)o2)c(C)c1Br. The summed E-state index contributed by atoms with van der Waals surface area (Å²) in [5.74, 6) is 5.41. The van der Waals surface area contributed by atoms with Gasteiger partial charge in [0.15, 0.2) is 5.76 Å². The first kappa shape index (κ1) is 12.8. The Morgan fingerprint density at radius 3 is 2.83 bits per heavy atom. The third-order valence-electron chi connectivity index (χ3n) is 2.62. The first-order valence-electron chi connectivity index (χ1n) is 5.32. The molecular weight excluding hydrogens is 300 g/mol. The monoisotopic (exact) mass is 312 g/mol. The van der Waals surface area contributed by atoms with Gasteiger partial charge in [0.05, 0.1) is 22.4 Å². The van der Waals surface area contributed by atoms with Gasteiger partial charge in [0, 0.05) is 0 Å². The molecule has 0 saturated carbocycles. The molecule has 2 aromatic heterocycles. The summed E-state index contributed by atoms with van der Waals surface area (Å²) in [5.41, 5.74) is 3.94. The predicted molar refractivity (Wildman–Crippen MR) is 68.9 cm³/mol. The lowest BCUT2D eigenvalue weighted by Gasteiger charge is -2.01. The Kier molecular flexibility index (Phi) is 3.53. The van der Waals surface area contributed by atoms with Crippen LogP contribution in [-0.4, -0.2) is 15.7 Å². The van der Waals surface area contributed by atoms with Crippen LogP contribution >= 0.6 is 15.9 Å². The van der Waals surface area contributed by atoms with E-state index < -0.39 is 5.91 Å². The molecule has 0 aliphatic carbocycles. The molecule has 6 nitrogen and oxygen atoms in total. The highest BCUT2D eigenvalue weighted by Gasteiger charge is 2.13. The van der Waals surface area contributed by atoms with E-state index >= 15 is 0 Å². The van der Waals surface area contributed by atoms with Crippen molar-refractivity contribution in [3.05, 3.63) is 39.5 Å². The second-order valence-electron chi connectivity index (χ2n) is 3.88. The minimum absolute atomic E-state index is 0.188. The Balaban J connectivity index is 2.21. The zero-order valence-electron chi connectivity index (χ0n) is 10.0. The van der Waals surface area contributed by atoms with Gasteiger partial charge >= 0.3 is 5.91 Å². The maximum absolute atomic E-state index is 11.2. The van der Waals surface area contributed by atoms with E-state index in [1.807, 2.05) is 24.0 Å². The molecule has 0 bridgehead atoms. The molecule has 3 N–H and O–H groups in total. The molecule has 0 spiro atoms. The summed E-state index contributed by atoms with van der Waals surface area (Å²) in [7, 11) is 0. The zero-order chi connectivity index (χ0) is 13.3. The van der Waals surface area contributed by atoms with Crippen molar-refractivity contribution < 1.29 is 9.21 Å². The minimum Gasteiger partial charge on any atom is -0.454 e. The number of nitrogens with zero attached hydrogens (tertiary/aromatic N) is 2. The van der Waals surface area contributed by atoms with Crippen molar-refractivity contribution in [2.75, 3.05) is 0 Å². The highest BCUT2D eigenvalue weighted by atomic mass is 79.9. The molecular formula is C11H13BrN4O2. The van der Waals surface area contributed by atoms with Crippen LogP contribution in [0.15, 0.2) is 21.0 Å². The first-order chi connectivity index (χ1) is 8.52. The number of aromatic nitrogens is 2. The quantitative estimate of drug-likeness (QED) is 0.511. The van der Waals surface area contributed by atoms with E-state index in [2.05, 4.69) is 21.0 Å². The van der Waals surface area contributed by atoms with Crippen molar-refractivity contribution >= 4 is 21.8 Å². The number of aryl methyl sites for hydroxylation is 1. The molecule has 1 amide bonds. The van der Waals surface area contributed by atoms with E-state index in [-0.39, 0.29) is 5.76 Å². The van der Waals surface area contributed by atoms with E-state index in [9.17, 15) is 4.79 Å². The summed E-state index contributed by atoms with van der Waals surface area (Å²) in [5, 5.41) is 4.36. The van der Waals surface area contributed by atoms with E-state index in [1.165, 1.54) is 0 Å². The van der Waals surface area contributed by atoms with Gasteiger partial charge in [-0.3, -0.25) is 14.9 Å². The van der Waals surface area contributed by atoms with Crippen molar-refractivity contribution in [3.8, 4) is 0 Å². The summed E-state index contributed by atoms with van der Waals surface area (Å²) in [6.45, 7) is 4.35. The van der Waals surface area contributed by atoms with Crippen LogP contribution in [-0.2, 0) is 6.54 Å². The number of hydrogen-bond donors (Lipinski definition) is 2. The number of hydrogen-bond acceptors (Lipinski definition) is 4. The average molecular weight is 313 g/mol. The Morgan fingerprint density at radius 1 is 1.56 bits per heavy atom. The van der Waals surface area contributed by atoms with Gasteiger partial charge in [0.2, 0.25) is 0 Å². The van der Waals surface area contributed by atoms with E-state index in [0.717, 1.165) is 15.9 Å². The second-order valence-corrected chi connectivity index (χ2v) is 4.67. The van der Waals surface area contributed by atoms with Crippen LogP contribution in [0, 0.1) is 13.8 Å². The highest BCUT2D eigenvalue weighted by molar-refractivity contribution is 9.10. The summed E-state index contributed by atoms with van der Waals surface area (Å²) in [6.07, 6.45) is 0. The number of carbonyl (C=O) groups excluding carboxylic acids is 1. The van der Waals surface area contributed by atoms with Crippen LogP contribution in [0.5, 0.6) is 0 Å². The van der Waals surface area contributed by atoms with E-state index in [4.69, 9.17) is 10.3 Å². The van der Waals surface area contributed by atoms with E-state index in [1.54, 1.807) is 12.1 Å². The molecule has 18 heavy (non-hydrogen) atoms. The van der Waals surface area contributed by atoms with Gasteiger partial charge in [-0.25, -0.2) is 5.84 Å². The maximum Gasteiger partial charge on any atom is 0.300 e. The normalized spacial score (nSPS) is 10.7. The summed E-state index contributed by atoms with van der Waals surface area (Å²) in [4.78, 5) is 11.2. The molecule has 0 atom stereocenters.